The Morgan fingerprint density at radius 1 is 1.13 bits per heavy atom. The van der Waals surface area contributed by atoms with E-state index in [1.54, 1.807) is 30.3 Å². The third-order valence-electron chi connectivity index (χ3n) is 4.34. The molecule has 1 N–H and O–H groups in total. The second-order valence-electron chi connectivity index (χ2n) is 6.68. The summed E-state index contributed by atoms with van der Waals surface area (Å²) < 4.78 is 6.42. The minimum atomic E-state index is -0.502. The lowest BCUT2D eigenvalue weighted by molar-refractivity contribution is -0.112. The van der Waals surface area contributed by atoms with E-state index >= 15 is 0 Å². The van der Waals surface area contributed by atoms with Crippen LogP contribution in [0.2, 0.25) is 10.0 Å². The Bertz CT molecular complexity index is 1160. The molecule has 0 bridgehead atoms. The van der Waals surface area contributed by atoms with E-state index in [1.807, 2.05) is 43.3 Å². The molecule has 0 radical (unpaired) electrons. The van der Waals surface area contributed by atoms with Gasteiger partial charge in [-0.15, -0.1) is 0 Å². The van der Waals surface area contributed by atoms with Crippen LogP contribution in [0.1, 0.15) is 16.7 Å². The van der Waals surface area contributed by atoms with E-state index in [-0.39, 0.29) is 12.2 Å². The summed E-state index contributed by atoms with van der Waals surface area (Å²) in [5, 5.41) is 13.1. The number of nitrogens with one attached hydrogen (secondary N) is 1. The summed E-state index contributed by atoms with van der Waals surface area (Å²) in [6.07, 6.45) is 1.47. The second kappa shape index (κ2) is 10.5. The maximum absolute atomic E-state index is 12.5. The lowest BCUT2D eigenvalue weighted by atomic mass is 10.1. The van der Waals surface area contributed by atoms with E-state index in [4.69, 9.17) is 27.9 Å². The zero-order valence-corrected chi connectivity index (χ0v) is 19.6. The van der Waals surface area contributed by atoms with Crippen molar-refractivity contribution in [3.8, 4) is 11.8 Å². The third kappa shape index (κ3) is 6.11. The van der Waals surface area contributed by atoms with Crippen molar-refractivity contribution in [1.82, 2.24) is 0 Å². The van der Waals surface area contributed by atoms with Crippen LogP contribution in [0.15, 0.2) is 70.7 Å². The molecule has 4 nitrogen and oxygen atoms in total. The molecular formula is C24H17BrCl2N2O2. The summed E-state index contributed by atoms with van der Waals surface area (Å²) in [5.41, 5.74) is 3.05. The molecule has 156 valence electrons. The summed E-state index contributed by atoms with van der Waals surface area (Å²) in [6, 6.07) is 20.0. The zero-order valence-electron chi connectivity index (χ0n) is 16.5. The number of carbonyl (C=O) groups excluding carboxylic acids is 1. The summed E-state index contributed by atoms with van der Waals surface area (Å²) in [4.78, 5) is 12.5. The molecule has 31 heavy (non-hydrogen) atoms. The molecule has 0 atom stereocenters. The van der Waals surface area contributed by atoms with Gasteiger partial charge in [-0.25, -0.2) is 0 Å². The Kier molecular flexibility index (Phi) is 7.75. The van der Waals surface area contributed by atoms with Crippen molar-refractivity contribution < 1.29 is 9.53 Å². The van der Waals surface area contributed by atoms with Crippen molar-refractivity contribution in [3.63, 3.8) is 0 Å². The largest absolute Gasteiger partial charge is 0.486 e. The summed E-state index contributed by atoms with van der Waals surface area (Å²) in [7, 11) is 0. The van der Waals surface area contributed by atoms with E-state index in [2.05, 4.69) is 21.2 Å². The number of aryl methyl sites for hydroxylation is 1. The predicted molar refractivity (Wildman–Crippen MR) is 128 cm³/mol. The first-order valence-electron chi connectivity index (χ1n) is 9.22. The number of ether oxygens (including phenoxy) is 1. The first-order valence-corrected chi connectivity index (χ1v) is 10.8. The van der Waals surface area contributed by atoms with Gasteiger partial charge in [-0.1, -0.05) is 59.1 Å². The molecule has 0 saturated heterocycles. The van der Waals surface area contributed by atoms with Gasteiger partial charge in [-0.3, -0.25) is 4.79 Å². The van der Waals surface area contributed by atoms with Gasteiger partial charge in [0.25, 0.3) is 5.91 Å². The van der Waals surface area contributed by atoms with Gasteiger partial charge in [0, 0.05) is 16.3 Å². The molecule has 0 aromatic heterocycles. The van der Waals surface area contributed by atoms with Crippen LogP contribution in [0.3, 0.4) is 0 Å². The van der Waals surface area contributed by atoms with E-state index in [1.165, 1.54) is 6.08 Å². The first kappa shape index (κ1) is 22.9. The van der Waals surface area contributed by atoms with Crippen molar-refractivity contribution in [2.45, 2.75) is 13.5 Å². The van der Waals surface area contributed by atoms with Gasteiger partial charge in [-0.05, 0) is 64.8 Å². The summed E-state index contributed by atoms with van der Waals surface area (Å²) in [5.74, 6) is -0.0565. The van der Waals surface area contributed by atoms with Crippen LogP contribution in [-0.4, -0.2) is 5.91 Å². The highest BCUT2D eigenvalue weighted by molar-refractivity contribution is 9.10. The van der Waals surface area contributed by atoms with Crippen LogP contribution in [0.5, 0.6) is 5.75 Å². The monoisotopic (exact) mass is 514 g/mol. The van der Waals surface area contributed by atoms with Crippen molar-refractivity contribution in [2.24, 2.45) is 0 Å². The zero-order chi connectivity index (χ0) is 22.4. The van der Waals surface area contributed by atoms with Gasteiger partial charge in [0.05, 0.1) is 9.50 Å². The molecular weight excluding hydrogens is 499 g/mol. The van der Waals surface area contributed by atoms with Crippen molar-refractivity contribution in [1.29, 1.82) is 5.26 Å². The Morgan fingerprint density at radius 3 is 2.48 bits per heavy atom. The number of nitrogens with zero attached hydrogens (tertiary/aromatic N) is 1. The normalized spacial score (nSPS) is 11.0. The molecule has 0 saturated carbocycles. The van der Waals surface area contributed by atoms with E-state index in [0.717, 1.165) is 11.1 Å². The van der Waals surface area contributed by atoms with Crippen molar-refractivity contribution in [3.05, 3.63) is 97.4 Å². The van der Waals surface area contributed by atoms with Crippen LogP contribution in [-0.2, 0) is 11.4 Å². The fourth-order valence-electron chi connectivity index (χ4n) is 2.72. The van der Waals surface area contributed by atoms with Crippen LogP contribution < -0.4 is 10.1 Å². The minimum absolute atomic E-state index is 0.0479. The fourth-order valence-corrected chi connectivity index (χ4v) is 3.90. The van der Waals surface area contributed by atoms with Gasteiger partial charge < -0.3 is 10.1 Å². The van der Waals surface area contributed by atoms with Gasteiger partial charge in [0.1, 0.15) is 18.2 Å². The quantitative estimate of drug-likeness (QED) is 0.279. The minimum Gasteiger partial charge on any atom is -0.486 e. The van der Waals surface area contributed by atoms with Gasteiger partial charge in [0.15, 0.2) is 5.75 Å². The molecule has 0 aliphatic rings. The first-order chi connectivity index (χ1) is 14.9. The maximum atomic E-state index is 12.5. The Balaban J connectivity index is 1.77. The topological polar surface area (TPSA) is 62.1 Å². The highest BCUT2D eigenvalue weighted by Crippen LogP contribution is 2.36. The number of anilines is 1. The molecule has 3 aromatic carbocycles. The van der Waals surface area contributed by atoms with Gasteiger partial charge in [0.2, 0.25) is 0 Å². The Labute approximate surface area is 199 Å². The number of rotatable bonds is 6. The maximum Gasteiger partial charge on any atom is 0.266 e. The number of halogens is 3. The molecule has 0 aliphatic heterocycles. The number of benzene rings is 3. The number of nitriles is 1. The molecule has 3 rings (SSSR count). The lowest BCUT2D eigenvalue weighted by Gasteiger charge is -2.12. The molecule has 7 heteroatoms. The lowest BCUT2D eigenvalue weighted by Crippen LogP contribution is -2.13. The average Bonchev–Trinajstić information content (AvgIpc) is 2.74. The molecule has 3 aromatic rings. The van der Waals surface area contributed by atoms with Gasteiger partial charge in [-0.2, -0.15) is 5.26 Å². The molecule has 0 spiro atoms. The van der Waals surface area contributed by atoms with E-state index in [9.17, 15) is 10.1 Å². The Morgan fingerprint density at radius 2 is 1.84 bits per heavy atom. The highest BCUT2D eigenvalue weighted by Gasteiger charge is 2.13. The predicted octanol–water partition coefficient (Wildman–Crippen LogP) is 7.19. The average molecular weight is 516 g/mol. The van der Waals surface area contributed by atoms with Gasteiger partial charge >= 0.3 is 0 Å². The number of hydrogen-bond donors (Lipinski definition) is 1. The SMILES string of the molecule is Cc1ccc(NC(=O)/C(C#N)=C\c2cc(Cl)c(OCc3ccccc3Cl)c(Br)c2)cc1. The van der Waals surface area contributed by atoms with Crippen LogP contribution in [0.4, 0.5) is 5.69 Å². The third-order valence-corrected chi connectivity index (χ3v) is 5.57. The standard InChI is InChI=1S/C24H17BrCl2N2O2/c1-15-6-8-19(9-7-15)29-24(30)18(13-28)10-16-11-20(25)23(22(27)12-16)31-14-17-4-2-3-5-21(17)26/h2-12H,14H2,1H3,(H,29,30)/b18-10-. The highest BCUT2D eigenvalue weighted by atomic mass is 79.9. The second-order valence-corrected chi connectivity index (χ2v) is 8.35. The number of amides is 1. The molecule has 0 heterocycles. The summed E-state index contributed by atoms with van der Waals surface area (Å²) >= 11 is 16.0. The molecule has 0 aliphatic carbocycles. The van der Waals surface area contributed by atoms with Crippen LogP contribution in [0, 0.1) is 18.3 Å². The van der Waals surface area contributed by atoms with E-state index in [0.29, 0.717) is 31.5 Å². The number of hydrogen-bond acceptors (Lipinski definition) is 3. The van der Waals surface area contributed by atoms with E-state index < -0.39 is 5.91 Å². The molecule has 1 amide bonds. The van der Waals surface area contributed by atoms with Crippen molar-refractivity contribution >= 4 is 56.8 Å². The smallest absolute Gasteiger partial charge is 0.266 e. The van der Waals surface area contributed by atoms with Crippen molar-refractivity contribution in [2.75, 3.05) is 5.32 Å². The Hall–Kier alpha value is -2.78. The van der Waals surface area contributed by atoms with Crippen LogP contribution in [0.25, 0.3) is 6.08 Å². The fraction of sp³-hybridized carbons (Fsp3) is 0.0833. The molecule has 0 unspecified atom stereocenters. The van der Waals surface area contributed by atoms with Crippen LogP contribution >= 0.6 is 39.1 Å². The molecule has 0 fully saturated rings. The summed E-state index contributed by atoms with van der Waals surface area (Å²) in [6.45, 7) is 2.20. The number of carbonyl (C=O) groups is 1.